The minimum atomic E-state index is -0.0267. The van der Waals surface area contributed by atoms with Crippen molar-refractivity contribution in [3.8, 4) is 0 Å². The second kappa shape index (κ2) is 6.02. The molecule has 0 aliphatic rings. The fourth-order valence-electron chi connectivity index (χ4n) is 1.26. The molecule has 0 aromatic heterocycles. The topological polar surface area (TPSA) is 52.0 Å². The van der Waals surface area contributed by atoms with E-state index >= 15 is 0 Å². The van der Waals surface area contributed by atoms with Crippen LogP contribution in [0.4, 0.5) is 0 Å². The smallest absolute Gasteiger partial charge is 0.0419 e. The molecule has 1 rings (SSSR count). The van der Waals surface area contributed by atoms with Gasteiger partial charge in [-0.25, -0.2) is 0 Å². The van der Waals surface area contributed by atoms with Gasteiger partial charge >= 0.3 is 0 Å². The third-order valence-corrected chi connectivity index (χ3v) is 2.29. The molecule has 4 N–H and O–H groups in total. The average molecular weight is 215 g/mol. The predicted octanol–water partition coefficient (Wildman–Crippen LogP) is 2.19. The van der Waals surface area contributed by atoms with Gasteiger partial charge in [0.2, 0.25) is 0 Å². The number of hydrogen-bond acceptors (Lipinski definition) is 2. The van der Waals surface area contributed by atoms with E-state index in [0.29, 0.717) is 12.5 Å². The lowest BCUT2D eigenvalue weighted by Gasteiger charge is -2.11. The van der Waals surface area contributed by atoms with Crippen LogP contribution in [0.3, 0.4) is 0 Å². The zero-order chi connectivity index (χ0) is 9.84. The molecule has 0 aliphatic carbocycles. The summed E-state index contributed by atoms with van der Waals surface area (Å²) in [6, 6.07) is 8.34. The highest BCUT2D eigenvalue weighted by Gasteiger charge is 2.03. The van der Waals surface area contributed by atoms with Gasteiger partial charge in [0.1, 0.15) is 0 Å². The molecule has 80 valence electrons. The summed E-state index contributed by atoms with van der Waals surface area (Å²) >= 11 is 0. The number of rotatable bonds is 3. The lowest BCUT2D eigenvalue weighted by Crippen LogP contribution is -2.20. The summed E-state index contributed by atoms with van der Waals surface area (Å²) in [6.45, 7) is 4.86. The van der Waals surface area contributed by atoms with Crippen molar-refractivity contribution in [1.29, 1.82) is 0 Å². The molecule has 0 bridgehead atoms. The molecule has 3 heteroatoms. The molecule has 0 radical (unpaired) electrons. The fourth-order valence-corrected chi connectivity index (χ4v) is 1.26. The highest BCUT2D eigenvalue weighted by molar-refractivity contribution is 5.85. The number of benzene rings is 1. The van der Waals surface area contributed by atoms with E-state index in [1.807, 2.05) is 0 Å². The van der Waals surface area contributed by atoms with Crippen LogP contribution in [-0.2, 0) is 0 Å². The van der Waals surface area contributed by atoms with Gasteiger partial charge < -0.3 is 11.5 Å². The second-order valence-corrected chi connectivity index (χ2v) is 3.66. The van der Waals surface area contributed by atoms with Crippen LogP contribution in [0.1, 0.15) is 36.9 Å². The number of nitrogens with two attached hydrogens (primary N) is 2. The molecule has 1 aromatic carbocycles. The summed E-state index contributed by atoms with van der Waals surface area (Å²) in [6.07, 6.45) is 0. The largest absolute Gasteiger partial charge is 0.329 e. The van der Waals surface area contributed by atoms with Crippen LogP contribution in [0.5, 0.6) is 0 Å². The monoisotopic (exact) mass is 214 g/mol. The lowest BCUT2D eigenvalue weighted by molar-refractivity contribution is 0.735. The van der Waals surface area contributed by atoms with E-state index in [0.717, 1.165) is 5.56 Å². The maximum absolute atomic E-state index is 5.80. The maximum atomic E-state index is 5.80. The lowest BCUT2D eigenvalue weighted by atomic mass is 9.99. The minimum Gasteiger partial charge on any atom is -0.329 e. The fraction of sp³-hybridized carbons (Fsp3) is 0.455. The van der Waals surface area contributed by atoms with E-state index in [-0.39, 0.29) is 18.4 Å². The van der Waals surface area contributed by atoms with Crippen molar-refractivity contribution in [3.63, 3.8) is 0 Å². The van der Waals surface area contributed by atoms with Gasteiger partial charge in [-0.1, -0.05) is 38.1 Å². The van der Waals surface area contributed by atoms with Crippen LogP contribution in [0.2, 0.25) is 0 Å². The van der Waals surface area contributed by atoms with Crippen molar-refractivity contribution in [2.24, 2.45) is 11.5 Å². The Morgan fingerprint density at radius 3 is 1.86 bits per heavy atom. The zero-order valence-corrected chi connectivity index (χ0v) is 9.55. The van der Waals surface area contributed by atoms with E-state index in [4.69, 9.17) is 11.5 Å². The van der Waals surface area contributed by atoms with Gasteiger partial charge in [0.05, 0.1) is 0 Å². The van der Waals surface area contributed by atoms with Crippen molar-refractivity contribution in [1.82, 2.24) is 0 Å². The van der Waals surface area contributed by atoms with Crippen molar-refractivity contribution >= 4 is 12.4 Å². The molecular weight excluding hydrogens is 196 g/mol. The normalized spacial score (nSPS) is 12.4. The molecule has 14 heavy (non-hydrogen) atoms. The molecule has 0 fully saturated rings. The van der Waals surface area contributed by atoms with Crippen molar-refractivity contribution in [2.75, 3.05) is 6.54 Å². The molecule has 0 heterocycles. The molecule has 0 amide bonds. The molecule has 2 nitrogen and oxygen atoms in total. The second-order valence-electron chi connectivity index (χ2n) is 3.66. The summed E-state index contributed by atoms with van der Waals surface area (Å²) in [7, 11) is 0. The van der Waals surface area contributed by atoms with Gasteiger partial charge in [-0.3, -0.25) is 0 Å². The summed E-state index contributed by atoms with van der Waals surface area (Å²) in [4.78, 5) is 0. The Morgan fingerprint density at radius 1 is 1.07 bits per heavy atom. The van der Waals surface area contributed by atoms with Crippen molar-refractivity contribution < 1.29 is 0 Å². The van der Waals surface area contributed by atoms with Gasteiger partial charge in [-0.05, 0) is 17.0 Å². The van der Waals surface area contributed by atoms with E-state index in [9.17, 15) is 0 Å². The van der Waals surface area contributed by atoms with Crippen LogP contribution in [0.15, 0.2) is 24.3 Å². The van der Waals surface area contributed by atoms with Crippen LogP contribution in [-0.4, -0.2) is 6.54 Å². The van der Waals surface area contributed by atoms with Crippen LogP contribution in [0, 0.1) is 0 Å². The maximum Gasteiger partial charge on any atom is 0.0419 e. The standard InChI is InChI=1S/C11H18N2.ClH/c1-8(2)9-3-5-10(6-4-9)11(13)7-12;/h3-6,8,11H,7,12-13H2,1-2H3;1H/t11-;/m0./s1. The average Bonchev–Trinajstić information content (AvgIpc) is 2.17. The summed E-state index contributed by atoms with van der Waals surface area (Å²) in [5.41, 5.74) is 13.7. The van der Waals surface area contributed by atoms with Crippen molar-refractivity contribution in [3.05, 3.63) is 35.4 Å². The molecule has 1 aromatic rings. The summed E-state index contributed by atoms with van der Waals surface area (Å²) in [5, 5.41) is 0. The molecule has 0 aliphatic heterocycles. The molecule has 1 atom stereocenters. The van der Waals surface area contributed by atoms with Gasteiger partial charge in [0.15, 0.2) is 0 Å². The van der Waals surface area contributed by atoms with E-state index in [1.54, 1.807) is 0 Å². The number of hydrogen-bond donors (Lipinski definition) is 2. The molecule has 0 spiro atoms. The first kappa shape index (κ1) is 13.4. The van der Waals surface area contributed by atoms with Crippen LogP contribution in [0.25, 0.3) is 0 Å². The Balaban J connectivity index is 0.00000169. The van der Waals surface area contributed by atoms with Gasteiger partial charge in [0.25, 0.3) is 0 Å². The SMILES string of the molecule is CC(C)c1ccc([C@@H](N)CN)cc1.Cl. The Bertz CT molecular complexity index is 256. The van der Waals surface area contributed by atoms with Crippen molar-refractivity contribution in [2.45, 2.75) is 25.8 Å². The highest BCUT2D eigenvalue weighted by atomic mass is 35.5. The Hall–Kier alpha value is -0.570. The van der Waals surface area contributed by atoms with Gasteiger partial charge in [-0.2, -0.15) is 0 Å². The molecule has 0 unspecified atom stereocenters. The molecule has 0 saturated heterocycles. The van der Waals surface area contributed by atoms with E-state index in [2.05, 4.69) is 38.1 Å². The zero-order valence-electron chi connectivity index (χ0n) is 8.73. The van der Waals surface area contributed by atoms with Gasteiger partial charge in [0, 0.05) is 12.6 Å². The molecular formula is C11H19ClN2. The van der Waals surface area contributed by atoms with E-state index < -0.39 is 0 Å². The molecule has 0 saturated carbocycles. The highest BCUT2D eigenvalue weighted by Crippen LogP contribution is 2.16. The first-order valence-corrected chi connectivity index (χ1v) is 4.70. The summed E-state index contributed by atoms with van der Waals surface area (Å²) < 4.78 is 0. The quantitative estimate of drug-likeness (QED) is 0.811. The first-order valence-electron chi connectivity index (χ1n) is 4.70. The number of halogens is 1. The first-order chi connectivity index (χ1) is 6.15. The third-order valence-electron chi connectivity index (χ3n) is 2.29. The predicted molar refractivity (Wildman–Crippen MR) is 63.8 cm³/mol. The van der Waals surface area contributed by atoms with Gasteiger partial charge in [-0.15, -0.1) is 12.4 Å². The van der Waals surface area contributed by atoms with E-state index in [1.165, 1.54) is 5.56 Å². The Kier molecular flexibility index (Phi) is 5.77. The third kappa shape index (κ3) is 3.29. The minimum absolute atomic E-state index is 0. The Morgan fingerprint density at radius 2 is 1.50 bits per heavy atom. The van der Waals surface area contributed by atoms with Crippen LogP contribution < -0.4 is 11.5 Å². The van der Waals surface area contributed by atoms with Crippen LogP contribution >= 0.6 is 12.4 Å². The Labute approximate surface area is 92.1 Å². The summed E-state index contributed by atoms with van der Waals surface area (Å²) in [5.74, 6) is 0.572.